The van der Waals surface area contributed by atoms with Crippen molar-refractivity contribution in [1.82, 2.24) is 4.90 Å². The fourth-order valence-corrected chi connectivity index (χ4v) is 1.72. The van der Waals surface area contributed by atoms with E-state index in [0.29, 0.717) is 18.1 Å². The molecule has 0 aromatic carbocycles. The van der Waals surface area contributed by atoms with Crippen LogP contribution in [0.15, 0.2) is 34.4 Å². The zero-order valence-electron chi connectivity index (χ0n) is 12.0. The van der Waals surface area contributed by atoms with Crippen molar-refractivity contribution >= 4 is 12.4 Å². The van der Waals surface area contributed by atoms with E-state index in [1.165, 1.54) is 0 Å². The van der Waals surface area contributed by atoms with Gasteiger partial charge in [0, 0.05) is 37.1 Å². The lowest BCUT2D eigenvalue weighted by atomic mass is 10.1. The van der Waals surface area contributed by atoms with Gasteiger partial charge >= 0.3 is 0 Å². The van der Waals surface area contributed by atoms with Gasteiger partial charge in [-0.15, -0.1) is 0 Å². The first-order chi connectivity index (χ1) is 8.59. The first-order valence-corrected chi connectivity index (χ1v) is 6.73. The van der Waals surface area contributed by atoms with E-state index in [0.717, 1.165) is 13.0 Å². The van der Waals surface area contributed by atoms with Gasteiger partial charge in [-0.2, -0.15) is 0 Å². The molecule has 1 rings (SSSR count). The Hall–Kier alpha value is -1.38. The minimum Gasteiger partial charge on any atom is -0.365 e. The molecule has 18 heavy (non-hydrogen) atoms. The van der Waals surface area contributed by atoms with Gasteiger partial charge in [-0.1, -0.05) is 12.2 Å². The van der Waals surface area contributed by atoms with E-state index in [1.54, 1.807) is 0 Å². The summed E-state index contributed by atoms with van der Waals surface area (Å²) in [7, 11) is 0. The Morgan fingerprint density at radius 2 is 1.72 bits per heavy atom. The molecule has 1 atom stereocenters. The third-order valence-corrected chi connectivity index (χ3v) is 2.59. The Bertz CT molecular complexity index is 304. The van der Waals surface area contributed by atoms with Gasteiger partial charge in [0.1, 0.15) is 0 Å². The second-order valence-electron chi connectivity index (χ2n) is 5.08. The monoisotopic (exact) mass is 247 g/mol. The number of allylic oxidation sites excluding steroid dienone is 2. The van der Waals surface area contributed by atoms with Crippen LogP contribution in [-0.2, 0) is 0 Å². The van der Waals surface area contributed by atoms with Crippen molar-refractivity contribution in [3.8, 4) is 0 Å². The van der Waals surface area contributed by atoms with Gasteiger partial charge in [-0.05, 0) is 33.8 Å². The average molecular weight is 247 g/mol. The summed E-state index contributed by atoms with van der Waals surface area (Å²) < 4.78 is 0. The zero-order valence-corrected chi connectivity index (χ0v) is 12.0. The number of nitrogens with zero attached hydrogens (tertiary/aromatic N) is 3. The molecule has 1 heterocycles. The van der Waals surface area contributed by atoms with E-state index in [9.17, 15) is 0 Å². The van der Waals surface area contributed by atoms with Crippen LogP contribution in [0.2, 0.25) is 0 Å². The standard InChI is InChI=1S/C15H25N3/c1-13(2)16-9-8-15-7-5-6-11-18(15)12-10-17-14(3)4/h5-7,9-11,13-15H,8,12H2,1-4H3. The van der Waals surface area contributed by atoms with Crippen LogP contribution in [0.1, 0.15) is 34.1 Å². The molecule has 1 unspecified atom stereocenters. The first kappa shape index (κ1) is 14.7. The van der Waals surface area contributed by atoms with Crippen LogP contribution in [0.5, 0.6) is 0 Å². The molecular weight excluding hydrogens is 222 g/mol. The number of aliphatic imine (C=N–C) groups is 2. The highest BCUT2D eigenvalue weighted by Crippen LogP contribution is 2.10. The smallest absolute Gasteiger partial charge is 0.0528 e. The average Bonchev–Trinajstić information content (AvgIpc) is 2.30. The molecule has 0 fully saturated rings. The molecule has 0 N–H and O–H groups in total. The van der Waals surface area contributed by atoms with E-state index in [1.807, 2.05) is 12.4 Å². The minimum atomic E-state index is 0.371. The SMILES string of the molecule is CC(C)N=CCC1C=CC=CN1CC=NC(C)C. The fourth-order valence-electron chi connectivity index (χ4n) is 1.72. The Kier molecular flexibility index (Phi) is 6.40. The van der Waals surface area contributed by atoms with Crippen molar-refractivity contribution in [2.75, 3.05) is 6.54 Å². The van der Waals surface area contributed by atoms with E-state index < -0.39 is 0 Å². The predicted octanol–water partition coefficient (Wildman–Crippen LogP) is 3.09. The summed E-state index contributed by atoms with van der Waals surface area (Å²) in [6, 6.07) is 1.15. The quantitative estimate of drug-likeness (QED) is 0.663. The molecule has 0 spiro atoms. The molecule has 3 heteroatoms. The topological polar surface area (TPSA) is 28.0 Å². The molecular formula is C15H25N3. The number of hydrogen-bond acceptors (Lipinski definition) is 3. The van der Waals surface area contributed by atoms with Crippen molar-refractivity contribution < 1.29 is 0 Å². The van der Waals surface area contributed by atoms with E-state index in [-0.39, 0.29) is 0 Å². The van der Waals surface area contributed by atoms with Crippen molar-refractivity contribution in [2.45, 2.75) is 52.2 Å². The lowest BCUT2D eigenvalue weighted by molar-refractivity contribution is 0.366. The van der Waals surface area contributed by atoms with Gasteiger partial charge in [0.2, 0.25) is 0 Å². The summed E-state index contributed by atoms with van der Waals surface area (Å²) in [5.41, 5.74) is 0. The molecule has 1 aliphatic rings. The third kappa shape index (κ3) is 5.80. The van der Waals surface area contributed by atoms with Gasteiger partial charge in [-0.3, -0.25) is 9.98 Å². The van der Waals surface area contributed by atoms with E-state index in [4.69, 9.17) is 0 Å². The Morgan fingerprint density at radius 3 is 2.39 bits per heavy atom. The molecule has 0 aromatic rings. The number of hydrogen-bond donors (Lipinski definition) is 0. The molecule has 0 radical (unpaired) electrons. The van der Waals surface area contributed by atoms with E-state index >= 15 is 0 Å². The fraction of sp³-hybridized carbons (Fsp3) is 0.600. The highest BCUT2D eigenvalue weighted by atomic mass is 15.1. The maximum Gasteiger partial charge on any atom is 0.0528 e. The van der Waals surface area contributed by atoms with Crippen LogP contribution in [0.4, 0.5) is 0 Å². The van der Waals surface area contributed by atoms with Crippen LogP contribution >= 0.6 is 0 Å². The van der Waals surface area contributed by atoms with Crippen LogP contribution in [0.25, 0.3) is 0 Å². The van der Waals surface area contributed by atoms with Crippen LogP contribution in [0.3, 0.4) is 0 Å². The molecule has 0 aromatic heterocycles. The Balaban J connectivity index is 2.48. The van der Waals surface area contributed by atoms with Gasteiger partial charge < -0.3 is 4.90 Å². The molecule has 0 amide bonds. The second-order valence-corrected chi connectivity index (χ2v) is 5.08. The summed E-state index contributed by atoms with van der Waals surface area (Å²) in [6.07, 6.45) is 13.5. The molecule has 3 nitrogen and oxygen atoms in total. The van der Waals surface area contributed by atoms with Gasteiger partial charge in [0.05, 0.1) is 12.6 Å². The molecule has 0 bridgehead atoms. The highest BCUT2D eigenvalue weighted by Gasteiger charge is 2.12. The largest absolute Gasteiger partial charge is 0.365 e. The van der Waals surface area contributed by atoms with Gasteiger partial charge in [0.25, 0.3) is 0 Å². The van der Waals surface area contributed by atoms with Crippen molar-refractivity contribution in [3.05, 3.63) is 24.4 Å². The van der Waals surface area contributed by atoms with Crippen molar-refractivity contribution in [2.24, 2.45) is 9.98 Å². The molecule has 0 saturated heterocycles. The maximum absolute atomic E-state index is 4.42. The van der Waals surface area contributed by atoms with Crippen LogP contribution < -0.4 is 0 Å². The minimum absolute atomic E-state index is 0.371. The third-order valence-electron chi connectivity index (χ3n) is 2.59. The summed E-state index contributed by atoms with van der Waals surface area (Å²) >= 11 is 0. The number of rotatable bonds is 6. The summed E-state index contributed by atoms with van der Waals surface area (Å²) in [6.45, 7) is 9.24. The van der Waals surface area contributed by atoms with E-state index in [2.05, 4.69) is 67.0 Å². The summed E-state index contributed by atoms with van der Waals surface area (Å²) in [4.78, 5) is 11.1. The van der Waals surface area contributed by atoms with Crippen LogP contribution in [0, 0.1) is 0 Å². The highest BCUT2D eigenvalue weighted by molar-refractivity contribution is 5.62. The summed E-state index contributed by atoms with van der Waals surface area (Å²) in [5, 5.41) is 0. The molecule has 0 saturated carbocycles. The lowest BCUT2D eigenvalue weighted by Gasteiger charge is -2.28. The molecule has 100 valence electrons. The summed E-state index contributed by atoms with van der Waals surface area (Å²) in [5.74, 6) is 0. The van der Waals surface area contributed by atoms with Crippen LogP contribution in [-0.4, -0.2) is 42.0 Å². The van der Waals surface area contributed by atoms with Crippen molar-refractivity contribution in [3.63, 3.8) is 0 Å². The lowest BCUT2D eigenvalue weighted by Crippen LogP contribution is -2.32. The normalized spacial score (nSPS) is 20.1. The second kappa shape index (κ2) is 7.85. The molecule has 0 aliphatic carbocycles. The predicted molar refractivity (Wildman–Crippen MR) is 80.6 cm³/mol. The first-order valence-electron chi connectivity index (χ1n) is 6.73. The Labute approximate surface area is 111 Å². The zero-order chi connectivity index (χ0) is 13.4. The molecule has 1 aliphatic heterocycles. The van der Waals surface area contributed by atoms with Gasteiger partial charge in [0.15, 0.2) is 0 Å². The maximum atomic E-state index is 4.42. The van der Waals surface area contributed by atoms with Crippen molar-refractivity contribution in [1.29, 1.82) is 0 Å². The van der Waals surface area contributed by atoms with Gasteiger partial charge in [-0.25, -0.2) is 0 Å². The Morgan fingerprint density at radius 1 is 1.06 bits per heavy atom.